The number of carbonyl (C=O) groups excluding carboxylic acids is 1. The average Bonchev–Trinajstić information content (AvgIpc) is 3.16. The molecule has 1 saturated heterocycles. The summed E-state index contributed by atoms with van der Waals surface area (Å²) < 4.78 is 0.777. The van der Waals surface area contributed by atoms with Gasteiger partial charge in [0.05, 0.1) is 0 Å². The fourth-order valence-electron chi connectivity index (χ4n) is 2.68. The van der Waals surface area contributed by atoms with Crippen LogP contribution in [0.25, 0.3) is 0 Å². The van der Waals surface area contributed by atoms with Crippen molar-refractivity contribution in [3.05, 3.63) is 14.5 Å². The van der Waals surface area contributed by atoms with Crippen molar-refractivity contribution in [2.24, 2.45) is 0 Å². The van der Waals surface area contributed by atoms with Crippen molar-refractivity contribution in [2.75, 3.05) is 13.1 Å². The van der Waals surface area contributed by atoms with Gasteiger partial charge in [0.15, 0.2) is 3.92 Å². The molecule has 0 spiro atoms. The Morgan fingerprint density at radius 2 is 2.05 bits per heavy atom. The lowest BCUT2D eigenvalue weighted by Gasteiger charge is -2.32. The zero-order valence-electron chi connectivity index (χ0n) is 11.0. The Kier molecular flexibility index (Phi) is 3.91. The van der Waals surface area contributed by atoms with Gasteiger partial charge in [-0.3, -0.25) is 4.79 Å². The van der Waals surface area contributed by atoms with Crippen LogP contribution >= 0.6 is 27.3 Å². The van der Waals surface area contributed by atoms with E-state index in [0.29, 0.717) is 11.7 Å². The molecule has 0 atom stereocenters. The summed E-state index contributed by atoms with van der Waals surface area (Å²) in [6.45, 7) is 4.18. The Hall–Kier alpha value is -0.460. The van der Waals surface area contributed by atoms with Crippen molar-refractivity contribution < 1.29 is 4.79 Å². The summed E-state index contributed by atoms with van der Waals surface area (Å²) in [5, 5.41) is 3.13. The second kappa shape index (κ2) is 5.50. The molecule has 0 radical (unpaired) electrons. The molecule has 1 aromatic rings. The first kappa shape index (κ1) is 13.5. The lowest BCUT2D eigenvalue weighted by Crippen LogP contribution is -2.45. The molecule has 1 aliphatic carbocycles. The molecule has 2 fully saturated rings. The fourth-order valence-corrected chi connectivity index (χ4v) is 4.21. The monoisotopic (exact) mass is 343 g/mol. The molecule has 0 aromatic carbocycles. The van der Waals surface area contributed by atoms with Crippen molar-refractivity contribution in [1.29, 1.82) is 0 Å². The number of hydrogen-bond donors (Lipinski definition) is 1. The lowest BCUT2D eigenvalue weighted by atomic mass is 10.0. The summed E-state index contributed by atoms with van der Waals surface area (Å²) in [5.74, 6) is -0.0238. The Balaban J connectivity index is 1.54. The van der Waals surface area contributed by atoms with Gasteiger partial charge in [-0.15, -0.1) is 11.3 Å². The van der Waals surface area contributed by atoms with Gasteiger partial charge in [0.1, 0.15) is 5.69 Å². The fraction of sp³-hybridized carbons (Fsp3) is 0.692. The third-order valence-corrected chi connectivity index (χ3v) is 5.34. The molecular weight excluding hydrogens is 326 g/mol. The highest BCUT2D eigenvalue weighted by Crippen LogP contribution is 2.29. The van der Waals surface area contributed by atoms with Gasteiger partial charge in [0, 0.05) is 30.1 Å². The largest absolute Gasteiger partial charge is 0.348 e. The molecule has 1 saturated carbocycles. The third kappa shape index (κ3) is 3.17. The third-order valence-electron chi connectivity index (χ3n) is 3.91. The quantitative estimate of drug-likeness (QED) is 0.917. The molecular formula is C13H18BrN3OS. The maximum Gasteiger partial charge on any atom is 0.271 e. The number of rotatable bonds is 3. The predicted octanol–water partition coefficient (Wildman–Crippen LogP) is 2.57. The van der Waals surface area contributed by atoms with Gasteiger partial charge in [0.2, 0.25) is 0 Å². The molecule has 1 aliphatic heterocycles. The van der Waals surface area contributed by atoms with E-state index in [4.69, 9.17) is 0 Å². The molecule has 0 bridgehead atoms. The molecule has 1 amide bonds. The number of nitrogens with one attached hydrogen (secondary N) is 1. The number of nitrogens with zero attached hydrogens (tertiary/aromatic N) is 2. The van der Waals surface area contributed by atoms with Crippen LogP contribution in [-0.4, -0.2) is 41.0 Å². The van der Waals surface area contributed by atoms with E-state index in [1.165, 1.54) is 24.2 Å². The number of carbonyl (C=O) groups is 1. The highest BCUT2D eigenvalue weighted by Gasteiger charge is 2.32. The molecule has 2 heterocycles. The molecule has 2 aliphatic rings. The van der Waals surface area contributed by atoms with Gasteiger partial charge in [0.25, 0.3) is 5.91 Å². The van der Waals surface area contributed by atoms with Crippen LogP contribution in [0.15, 0.2) is 3.92 Å². The maximum absolute atomic E-state index is 12.2. The standard InChI is InChI=1S/C13H18BrN3OS/c1-8-11(16-13(14)19-8)12(18)15-9-4-6-17(7-5-9)10-2-3-10/h9-10H,2-7H2,1H3,(H,15,18). The van der Waals surface area contributed by atoms with Crippen molar-refractivity contribution in [2.45, 2.75) is 44.7 Å². The van der Waals surface area contributed by atoms with Gasteiger partial charge in [-0.05, 0) is 48.5 Å². The molecule has 0 unspecified atom stereocenters. The zero-order chi connectivity index (χ0) is 13.4. The van der Waals surface area contributed by atoms with Crippen LogP contribution < -0.4 is 5.32 Å². The molecule has 1 N–H and O–H groups in total. The SMILES string of the molecule is Cc1sc(Br)nc1C(=O)NC1CCN(C2CC2)CC1. The minimum atomic E-state index is -0.0238. The summed E-state index contributed by atoms with van der Waals surface area (Å²) in [5.41, 5.74) is 0.571. The van der Waals surface area contributed by atoms with E-state index in [9.17, 15) is 4.79 Å². The number of amides is 1. The number of hydrogen-bond acceptors (Lipinski definition) is 4. The van der Waals surface area contributed by atoms with Crippen molar-refractivity contribution >= 4 is 33.2 Å². The number of thiazole rings is 1. The van der Waals surface area contributed by atoms with Crippen LogP contribution in [0.1, 0.15) is 41.0 Å². The highest BCUT2D eigenvalue weighted by molar-refractivity contribution is 9.11. The first-order chi connectivity index (χ1) is 9.13. The van der Waals surface area contributed by atoms with Gasteiger partial charge in [-0.2, -0.15) is 0 Å². The lowest BCUT2D eigenvalue weighted by molar-refractivity contribution is 0.0904. The number of likely N-dealkylation sites (tertiary alicyclic amines) is 1. The van der Waals surface area contributed by atoms with Crippen LogP contribution in [0.3, 0.4) is 0 Å². The number of piperidine rings is 1. The Labute approximate surface area is 125 Å². The van der Waals surface area contributed by atoms with Crippen molar-refractivity contribution in [1.82, 2.24) is 15.2 Å². The van der Waals surface area contributed by atoms with Gasteiger partial charge >= 0.3 is 0 Å². The summed E-state index contributed by atoms with van der Waals surface area (Å²) in [6, 6.07) is 1.15. The minimum Gasteiger partial charge on any atom is -0.348 e. The first-order valence-electron chi connectivity index (χ1n) is 6.81. The number of halogens is 1. The molecule has 6 heteroatoms. The van der Waals surface area contributed by atoms with E-state index in [1.54, 1.807) is 0 Å². The van der Waals surface area contributed by atoms with Gasteiger partial charge in [-0.1, -0.05) is 0 Å². The van der Waals surface area contributed by atoms with E-state index in [1.807, 2.05) is 6.92 Å². The Morgan fingerprint density at radius 3 is 2.58 bits per heavy atom. The van der Waals surface area contributed by atoms with E-state index >= 15 is 0 Å². The predicted molar refractivity (Wildman–Crippen MR) is 79.6 cm³/mol. The molecule has 19 heavy (non-hydrogen) atoms. The summed E-state index contributed by atoms with van der Waals surface area (Å²) in [6.07, 6.45) is 4.85. The molecule has 104 valence electrons. The van der Waals surface area contributed by atoms with E-state index < -0.39 is 0 Å². The van der Waals surface area contributed by atoms with E-state index in [0.717, 1.165) is 40.8 Å². The smallest absolute Gasteiger partial charge is 0.271 e. The van der Waals surface area contributed by atoms with Crippen LogP contribution in [0.2, 0.25) is 0 Å². The van der Waals surface area contributed by atoms with E-state index in [-0.39, 0.29) is 5.91 Å². The molecule has 4 nitrogen and oxygen atoms in total. The number of aromatic nitrogens is 1. The summed E-state index contributed by atoms with van der Waals surface area (Å²) in [4.78, 5) is 19.9. The normalized spacial score (nSPS) is 21.6. The Morgan fingerprint density at radius 1 is 1.37 bits per heavy atom. The second-order valence-corrected chi connectivity index (χ2v) is 7.87. The van der Waals surface area contributed by atoms with Crippen molar-refractivity contribution in [3.63, 3.8) is 0 Å². The maximum atomic E-state index is 12.2. The molecule has 3 rings (SSSR count). The zero-order valence-corrected chi connectivity index (χ0v) is 13.4. The Bertz CT molecular complexity index is 478. The van der Waals surface area contributed by atoms with Crippen LogP contribution in [0.5, 0.6) is 0 Å². The van der Waals surface area contributed by atoms with Crippen LogP contribution in [-0.2, 0) is 0 Å². The molecule has 1 aromatic heterocycles. The number of aryl methyl sites for hydroxylation is 1. The van der Waals surface area contributed by atoms with E-state index in [2.05, 4.69) is 31.1 Å². The first-order valence-corrected chi connectivity index (χ1v) is 8.42. The van der Waals surface area contributed by atoms with Gasteiger partial charge < -0.3 is 10.2 Å². The van der Waals surface area contributed by atoms with Crippen LogP contribution in [0.4, 0.5) is 0 Å². The highest BCUT2D eigenvalue weighted by atomic mass is 79.9. The topological polar surface area (TPSA) is 45.2 Å². The second-order valence-electron chi connectivity index (χ2n) is 5.39. The average molecular weight is 344 g/mol. The minimum absolute atomic E-state index is 0.0238. The summed E-state index contributed by atoms with van der Waals surface area (Å²) in [7, 11) is 0. The summed E-state index contributed by atoms with van der Waals surface area (Å²) >= 11 is 4.84. The van der Waals surface area contributed by atoms with Crippen LogP contribution in [0, 0.1) is 6.92 Å². The van der Waals surface area contributed by atoms with Gasteiger partial charge in [-0.25, -0.2) is 4.98 Å². The van der Waals surface area contributed by atoms with Crippen molar-refractivity contribution in [3.8, 4) is 0 Å².